The summed E-state index contributed by atoms with van der Waals surface area (Å²) in [6.07, 6.45) is 0.508. The lowest BCUT2D eigenvalue weighted by molar-refractivity contribution is -0.115. The largest absolute Gasteiger partial charge is 0.326 e. The van der Waals surface area contributed by atoms with Crippen LogP contribution < -0.4 is 5.32 Å². The van der Waals surface area contributed by atoms with E-state index < -0.39 is 0 Å². The maximum absolute atomic E-state index is 11.0. The van der Waals surface area contributed by atoms with Crippen LogP contribution in [0.25, 0.3) is 0 Å². The second-order valence-corrected chi connectivity index (χ2v) is 3.84. The Morgan fingerprint density at radius 2 is 2.25 bits per heavy atom. The summed E-state index contributed by atoms with van der Waals surface area (Å²) in [4.78, 5) is 11.0. The van der Waals surface area contributed by atoms with Crippen molar-refractivity contribution in [3.05, 3.63) is 27.7 Å². The van der Waals surface area contributed by atoms with E-state index in [9.17, 15) is 4.79 Å². The lowest BCUT2D eigenvalue weighted by atomic mass is 10.1. The first kappa shape index (κ1) is 7.80. The van der Waals surface area contributed by atoms with Gasteiger partial charge in [-0.15, -0.1) is 0 Å². The fraction of sp³-hybridized carbons (Fsp3) is 0.222. The number of aryl methyl sites for hydroxylation is 1. The second kappa shape index (κ2) is 2.59. The molecule has 0 unspecified atom stereocenters. The van der Waals surface area contributed by atoms with E-state index in [2.05, 4.69) is 21.2 Å². The van der Waals surface area contributed by atoms with Gasteiger partial charge >= 0.3 is 0 Å². The fourth-order valence-electron chi connectivity index (χ4n) is 1.35. The van der Waals surface area contributed by atoms with Gasteiger partial charge in [0.2, 0.25) is 5.91 Å². The van der Waals surface area contributed by atoms with Gasteiger partial charge in [-0.05, 0) is 30.2 Å². The molecule has 62 valence electrons. The van der Waals surface area contributed by atoms with Crippen molar-refractivity contribution >= 4 is 27.5 Å². The van der Waals surface area contributed by atoms with Crippen LogP contribution in [0, 0.1) is 6.92 Å². The molecule has 0 atom stereocenters. The average molecular weight is 226 g/mol. The number of amides is 1. The number of halogens is 1. The minimum Gasteiger partial charge on any atom is -0.326 e. The monoisotopic (exact) mass is 225 g/mol. The second-order valence-electron chi connectivity index (χ2n) is 2.98. The lowest BCUT2D eigenvalue weighted by Gasteiger charge is -2.01. The van der Waals surface area contributed by atoms with E-state index in [0.717, 1.165) is 21.3 Å². The molecule has 0 radical (unpaired) electrons. The Hall–Kier alpha value is -0.830. The van der Waals surface area contributed by atoms with E-state index >= 15 is 0 Å². The highest BCUT2D eigenvalue weighted by molar-refractivity contribution is 9.10. The predicted molar refractivity (Wildman–Crippen MR) is 51.2 cm³/mol. The Morgan fingerprint density at radius 1 is 1.50 bits per heavy atom. The van der Waals surface area contributed by atoms with Crippen LogP contribution in [0.5, 0.6) is 0 Å². The van der Waals surface area contributed by atoms with Crippen LogP contribution in [0.1, 0.15) is 11.1 Å². The molecule has 1 amide bonds. The Morgan fingerprint density at radius 3 is 3.00 bits per heavy atom. The molecule has 0 fully saturated rings. The van der Waals surface area contributed by atoms with Crippen LogP contribution in [-0.2, 0) is 11.2 Å². The molecule has 2 nitrogen and oxygen atoms in total. The number of rotatable bonds is 0. The fourth-order valence-corrected chi connectivity index (χ4v) is 1.74. The molecule has 0 spiro atoms. The molecule has 0 aliphatic carbocycles. The van der Waals surface area contributed by atoms with Gasteiger partial charge in [0, 0.05) is 10.2 Å². The van der Waals surface area contributed by atoms with Crippen molar-refractivity contribution < 1.29 is 4.79 Å². The van der Waals surface area contributed by atoms with Gasteiger partial charge in [-0.25, -0.2) is 0 Å². The normalized spacial score (nSPS) is 14.3. The van der Waals surface area contributed by atoms with Crippen LogP contribution in [0.2, 0.25) is 0 Å². The Kier molecular flexibility index (Phi) is 1.68. The number of hydrogen-bond donors (Lipinski definition) is 1. The van der Waals surface area contributed by atoms with Gasteiger partial charge in [0.05, 0.1) is 6.42 Å². The third-order valence-electron chi connectivity index (χ3n) is 2.01. The molecule has 1 aliphatic rings. The van der Waals surface area contributed by atoms with Crippen molar-refractivity contribution in [2.45, 2.75) is 13.3 Å². The molecule has 0 saturated carbocycles. The van der Waals surface area contributed by atoms with Gasteiger partial charge in [-0.3, -0.25) is 4.79 Å². The van der Waals surface area contributed by atoms with E-state index in [1.807, 2.05) is 19.1 Å². The van der Waals surface area contributed by atoms with Crippen molar-refractivity contribution in [1.29, 1.82) is 0 Å². The lowest BCUT2D eigenvalue weighted by Crippen LogP contribution is -2.03. The maximum Gasteiger partial charge on any atom is 0.228 e. The van der Waals surface area contributed by atoms with Gasteiger partial charge in [0.15, 0.2) is 0 Å². The standard InChI is InChI=1S/C9H8BrNO/c1-5-2-8-6(3-7(5)10)4-9(12)11-8/h2-3H,4H2,1H3,(H,11,12). The van der Waals surface area contributed by atoms with Gasteiger partial charge in [-0.2, -0.15) is 0 Å². The van der Waals surface area contributed by atoms with Crippen LogP contribution in [-0.4, -0.2) is 5.91 Å². The van der Waals surface area contributed by atoms with E-state index in [4.69, 9.17) is 0 Å². The van der Waals surface area contributed by atoms with Gasteiger partial charge < -0.3 is 5.32 Å². The summed E-state index contributed by atoms with van der Waals surface area (Å²) >= 11 is 3.43. The molecular formula is C9H8BrNO. The molecule has 0 bridgehead atoms. The first-order valence-corrected chi connectivity index (χ1v) is 4.55. The van der Waals surface area contributed by atoms with Crippen LogP contribution in [0.15, 0.2) is 16.6 Å². The van der Waals surface area contributed by atoms with Crippen LogP contribution in [0.3, 0.4) is 0 Å². The molecule has 1 heterocycles. The number of benzene rings is 1. The van der Waals surface area contributed by atoms with Crippen molar-refractivity contribution in [3.63, 3.8) is 0 Å². The third-order valence-corrected chi connectivity index (χ3v) is 2.86. The summed E-state index contributed by atoms with van der Waals surface area (Å²) < 4.78 is 1.07. The minimum absolute atomic E-state index is 0.0856. The zero-order valence-corrected chi connectivity index (χ0v) is 8.23. The molecular weight excluding hydrogens is 218 g/mol. The average Bonchev–Trinajstić information content (AvgIpc) is 2.30. The number of anilines is 1. The summed E-state index contributed by atoms with van der Waals surface area (Å²) in [5.74, 6) is 0.0856. The summed E-state index contributed by atoms with van der Waals surface area (Å²) in [6, 6.07) is 3.99. The Balaban J connectivity index is 2.55. The maximum atomic E-state index is 11.0. The zero-order chi connectivity index (χ0) is 8.72. The SMILES string of the molecule is Cc1cc2c(cc1Br)CC(=O)N2. The molecule has 1 aromatic carbocycles. The molecule has 2 rings (SSSR count). The summed E-state index contributed by atoms with van der Waals surface area (Å²) in [5.41, 5.74) is 3.19. The first-order valence-electron chi connectivity index (χ1n) is 3.75. The molecule has 1 aromatic rings. The van der Waals surface area contributed by atoms with Crippen molar-refractivity contribution in [2.75, 3.05) is 5.32 Å². The van der Waals surface area contributed by atoms with Gasteiger partial charge in [-0.1, -0.05) is 15.9 Å². The Bertz CT molecular complexity index is 327. The molecule has 12 heavy (non-hydrogen) atoms. The Labute approximate surface area is 79.1 Å². The highest BCUT2D eigenvalue weighted by atomic mass is 79.9. The number of nitrogens with one attached hydrogen (secondary N) is 1. The van der Waals surface area contributed by atoms with Crippen LogP contribution >= 0.6 is 15.9 Å². The molecule has 0 saturated heterocycles. The number of carbonyl (C=O) groups excluding carboxylic acids is 1. The predicted octanol–water partition coefficient (Wildman–Crippen LogP) is 2.25. The third kappa shape index (κ3) is 1.14. The molecule has 1 aliphatic heterocycles. The number of carbonyl (C=O) groups is 1. The zero-order valence-electron chi connectivity index (χ0n) is 6.65. The van der Waals surface area contributed by atoms with Gasteiger partial charge in [0.1, 0.15) is 0 Å². The van der Waals surface area contributed by atoms with Crippen molar-refractivity contribution in [2.24, 2.45) is 0 Å². The van der Waals surface area contributed by atoms with E-state index in [1.54, 1.807) is 0 Å². The highest BCUT2D eigenvalue weighted by Gasteiger charge is 2.17. The number of fused-ring (bicyclic) bond motifs is 1. The van der Waals surface area contributed by atoms with Gasteiger partial charge in [0.25, 0.3) is 0 Å². The van der Waals surface area contributed by atoms with Crippen molar-refractivity contribution in [3.8, 4) is 0 Å². The topological polar surface area (TPSA) is 29.1 Å². The molecule has 3 heteroatoms. The van der Waals surface area contributed by atoms with E-state index in [-0.39, 0.29) is 5.91 Å². The molecule has 0 aromatic heterocycles. The minimum atomic E-state index is 0.0856. The van der Waals surface area contributed by atoms with E-state index in [0.29, 0.717) is 6.42 Å². The highest BCUT2D eigenvalue weighted by Crippen LogP contribution is 2.29. The first-order chi connectivity index (χ1) is 5.66. The summed E-state index contributed by atoms with van der Waals surface area (Å²) in [7, 11) is 0. The van der Waals surface area contributed by atoms with Crippen molar-refractivity contribution in [1.82, 2.24) is 0 Å². The quantitative estimate of drug-likeness (QED) is 0.722. The summed E-state index contributed by atoms with van der Waals surface area (Å²) in [5, 5.41) is 2.81. The molecule has 1 N–H and O–H groups in total. The smallest absolute Gasteiger partial charge is 0.228 e. The summed E-state index contributed by atoms with van der Waals surface area (Å²) in [6.45, 7) is 2.01. The van der Waals surface area contributed by atoms with Crippen LogP contribution in [0.4, 0.5) is 5.69 Å². The number of hydrogen-bond acceptors (Lipinski definition) is 1. The van der Waals surface area contributed by atoms with E-state index in [1.165, 1.54) is 0 Å².